The van der Waals surface area contributed by atoms with E-state index in [2.05, 4.69) is 13.2 Å². The molecule has 5 heteroatoms. The molecule has 4 nitrogen and oxygen atoms in total. The molecule has 0 aromatic heterocycles. The Morgan fingerprint density at radius 2 is 1.90 bits per heavy atom. The van der Waals surface area contributed by atoms with Gasteiger partial charge in [0.1, 0.15) is 6.61 Å². The minimum absolute atomic E-state index is 0.0453. The summed E-state index contributed by atoms with van der Waals surface area (Å²) in [6.45, 7) is 8.64. The van der Waals surface area contributed by atoms with E-state index in [9.17, 15) is 13.2 Å². The van der Waals surface area contributed by atoms with Gasteiger partial charge in [0.15, 0.2) is 15.1 Å². The quantitative estimate of drug-likeness (QED) is 0.547. The van der Waals surface area contributed by atoms with Gasteiger partial charge >= 0.3 is 5.97 Å². The van der Waals surface area contributed by atoms with E-state index in [0.29, 0.717) is 0 Å². The molecule has 1 rings (SSSR count). The van der Waals surface area contributed by atoms with E-state index >= 15 is 0 Å². The number of esters is 1. The maximum absolute atomic E-state index is 12.2. The highest BCUT2D eigenvalue weighted by molar-refractivity contribution is 7.92. The molecule has 21 heavy (non-hydrogen) atoms. The Hall–Kier alpha value is -1.88. The van der Waals surface area contributed by atoms with E-state index in [1.165, 1.54) is 12.2 Å². The number of sulfone groups is 1. The highest BCUT2D eigenvalue weighted by atomic mass is 32.2. The highest BCUT2D eigenvalue weighted by Gasteiger charge is 2.36. The Labute approximate surface area is 126 Å². The summed E-state index contributed by atoms with van der Waals surface area (Å²) in [6, 6.07) is 9.10. The number of carbonyl (C=O) groups is 1. The number of carbonyl (C=O) groups excluding carboxylic acids is 1. The van der Waals surface area contributed by atoms with Gasteiger partial charge in [0.25, 0.3) is 0 Å². The summed E-state index contributed by atoms with van der Waals surface area (Å²) < 4.78 is 29.5. The van der Waals surface area contributed by atoms with Crippen molar-refractivity contribution in [2.45, 2.75) is 18.8 Å². The van der Waals surface area contributed by atoms with Crippen LogP contribution in [0.4, 0.5) is 0 Å². The van der Waals surface area contributed by atoms with Gasteiger partial charge in [-0.15, -0.1) is 13.2 Å². The molecule has 0 saturated carbocycles. The number of hydrogen-bond acceptors (Lipinski definition) is 4. The van der Waals surface area contributed by atoms with E-state index < -0.39 is 27.0 Å². The fraction of sp³-hybridized carbons (Fsp3) is 0.312. The molecule has 0 spiro atoms. The van der Waals surface area contributed by atoms with Crippen LogP contribution in [0.5, 0.6) is 0 Å². The SMILES string of the molecule is C=CCS(=O)(=O)C(C(=O)OCc1ccccc1)C(C)C=C. The molecule has 0 amide bonds. The van der Waals surface area contributed by atoms with Gasteiger partial charge in [0.2, 0.25) is 0 Å². The maximum atomic E-state index is 12.2. The average molecular weight is 308 g/mol. The number of rotatable bonds is 8. The Morgan fingerprint density at radius 1 is 1.29 bits per heavy atom. The van der Waals surface area contributed by atoms with Crippen molar-refractivity contribution in [3.8, 4) is 0 Å². The van der Waals surface area contributed by atoms with Gasteiger partial charge in [-0.05, 0) is 5.56 Å². The van der Waals surface area contributed by atoms with Crippen LogP contribution in [-0.4, -0.2) is 25.4 Å². The van der Waals surface area contributed by atoms with Gasteiger partial charge in [-0.25, -0.2) is 8.42 Å². The summed E-state index contributed by atoms with van der Waals surface area (Å²) >= 11 is 0. The standard InChI is InChI=1S/C16H20O4S/c1-4-11-21(18,19)15(13(3)5-2)16(17)20-12-14-9-7-6-8-10-14/h4-10,13,15H,1-2,11-12H2,3H3. The molecule has 2 unspecified atom stereocenters. The molecule has 114 valence electrons. The Bertz CT molecular complexity index is 590. The number of benzene rings is 1. The topological polar surface area (TPSA) is 60.4 Å². The average Bonchev–Trinajstić information content (AvgIpc) is 2.45. The monoisotopic (exact) mass is 308 g/mol. The van der Waals surface area contributed by atoms with Crippen molar-refractivity contribution < 1.29 is 17.9 Å². The molecule has 0 heterocycles. The van der Waals surface area contributed by atoms with E-state index in [1.807, 2.05) is 18.2 Å². The van der Waals surface area contributed by atoms with E-state index in [4.69, 9.17) is 4.74 Å². The van der Waals surface area contributed by atoms with Crippen LogP contribution in [0.1, 0.15) is 12.5 Å². The van der Waals surface area contributed by atoms with Gasteiger partial charge in [0.05, 0.1) is 5.75 Å². The third-order valence-electron chi connectivity index (χ3n) is 3.04. The number of ether oxygens (including phenoxy) is 1. The van der Waals surface area contributed by atoms with Crippen LogP contribution in [0.25, 0.3) is 0 Å². The van der Waals surface area contributed by atoms with Gasteiger partial charge in [-0.3, -0.25) is 4.79 Å². The third kappa shape index (κ3) is 4.86. The predicted octanol–water partition coefficient (Wildman–Crippen LogP) is 2.52. The summed E-state index contributed by atoms with van der Waals surface area (Å²) in [5, 5.41) is -1.25. The first-order valence-corrected chi connectivity index (χ1v) is 8.29. The largest absolute Gasteiger partial charge is 0.460 e. The lowest BCUT2D eigenvalue weighted by Crippen LogP contribution is -2.38. The van der Waals surface area contributed by atoms with Crippen molar-refractivity contribution in [3.05, 3.63) is 61.2 Å². The van der Waals surface area contributed by atoms with Crippen LogP contribution in [-0.2, 0) is 26.0 Å². The van der Waals surface area contributed by atoms with Crippen LogP contribution in [0.3, 0.4) is 0 Å². The van der Waals surface area contributed by atoms with Crippen molar-refractivity contribution >= 4 is 15.8 Å². The second kappa shape index (κ2) is 7.78. The van der Waals surface area contributed by atoms with E-state index in [0.717, 1.165) is 5.56 Å². The molecule has 2 atom stereocenters. The molecule has 0 saturated heterocycles. The molecule has 0 bridgehead atoms. The second-order valence-electron chi connectivity index (χ2n) is 4.73. The molecular weight excluding hydrogens is 288 g/mol. The lowest BCUT2D eigenvalue weighted by molar-refractivity contribution is -0.145. The van der Waals surface area contributed by atoms with E-state index in [-0.39, 0.29) is 12.4 Å². The minimum Gasteiger partial charge on any atom is -0.460 e. The molecule has 0 N–H and O–H groups in total. The summed E-state index contributed by atoms with van der Waals surface area (Å²) in [4.78, 5) is 12.2. The first-order chi connectivity index (χ1) is 9.92. The first kappa shape index (κ1) is 17.2. The van der Waals surface area contributed by atoms with Crippen molar-refractivity contribution in [1.82, 2.24) is 0 Å². The number of allylic oxidation sites excluding steroid dienone is 1. The zero-order chi connectivity index (χ0) is 15.9. The normalized spacial score (nSPS) is 14.0. The lowest BCUT2D eigenvalue weighted by atomic mass is 10.1. The third-order valence-corrected chi connectivity index (χ3v) is 5.14. The zero-order valence-corrected chi connectivity index (χ0v) is 12.9. The van der Waals surface area contributed by atoms with E-state index in [1.54, 1.807) is 19.1 Å². The summed E-state index contributed by atoms with van der Waals surface area (Å²) in [5.74, 6) is -1.55. The molecule has 1 aromatic rings. The van der Waals surface area contributed by atoms with Gasteiger partial charge in [0, 0.05) is 5.92 Å². The van der Waals surface area contributed by atoms with Gasteiger partial charge in [-0.1, -0.05) is 49.4 Å². The van der Waals surface area contributed by atoms with Crippen LogP contribution >= 0.6 is 0 Å². The van der Waals surface area contributed by atoms with Gasteiger partial charge in [-0.2, -0.15) is 0 Å². The lowest BCUT2D eigenvalue weighted by Gasteiger charge is -2.19. The smallest absolute Gasteiger partial charge is 0.325 e. The van der Waals surface area contributed by atoms with Crippen LogP contribution in [0.2, 0.25) is 0 Å². The predicted molar refractivity (Wildman–Crippen MR) is 83.4 cm³/mol. The Kier molecular flexibility index (Phi) is 6.37. The molecule has 0 aliphatic heterocycles. The summed E-state index contributed by atoms with van der Waals surface area (Å²) in [7, 11) is -3.65. The fourth-order valence-corrected chi connectivity index (χ4v) is 3.55. The summed E-state index contributed by atoms with van der Waals surface area (Å²) in [5.41, 5.74) is 0.803. The molecule has 0 aliphatic rings. The zero-order valence-electron chi connectivity index (χ0n) is 12.1. The van der Waals surface area contributed by atoms with Crippen molar-refractivity contribution in [2.24, 2.45) is 5.92 Å². The van der Waals surface area contributed by atoms with Crippen LogP contribution in [0.15, 0.2) is 55.6 Å². The van der Waals surface area contributed by atoms with Gasteiger partial charge < -0.3 is 4.74 Å². The first-order valence-electron chi connectivity index (χ1n) is 6.58. The Balaban J connectivity index is 2.86. The van der Waals surface area contributed by atoms with Crippen molar-refractivity contribution in [3.63, 3.8) is 0 Å². The highest BCUT2D eigenvalue weighted by Crippen LogP contribution is 2.18. The Morgan fingerprint density at radius 3 is 2.43 bits per heavy atom. The van der Waals surface area contributed by atoms with Crippen molar-refractivity contribution in [1.29, 1.82) is 0 Å². The molecule has 0 radical (unpaired) electrons. The van der Waals surface area contributed by atoms with Crippen molar-refractivity contribution in [2.75, 3.05) is 5.75 Å². The summed E-state index contributed by atoms with van der Waals surface area (Å²) in [6.07, 6.45) is 2.71. The molecule has 1 aromatic carbocycles. The molecular formula is C16H20O4S. The van der Waals surface area contributed by atoms with Crippen LogP contribution < -0.4 is 0 Å². The minimum atomic E-state index is -3.65. The molecule has 0 aliphatic carbocycles. The second-order valence-corrected chi connectivity index (χ2v) is 6.89. The van der Waals surface area contributed by atoms with Crippen LogP contribution in [0, 0.1) is 5.92 Å². The molecule has 0 fully saturated rings. The maximum Gasteiger partial charge on any atom is 0.325 e. The fourth-order valence-electron chi connectivity index (χ4n) is 1.89. The number of hydrogen-bond donors (Lipinski definition) is 0.